The van der Waals surface area contributed by atoms with Gasteiger partial charge in [0.1, 0.15) is 0 Å². The fourth-order valence-electron chi connectivity index (χ4n) is 2.59. The standard InChI is InChI=1S/C14H31N3O/c1-14(13-18)12-17-9-5-8-16(10-11-17)7-4-2-3-6-15/h14,18H,2-13,15H2,1H3. The Morgan fingerprint density at radius 3 is 2.50 bits per heavy atom. The summed E-state index contributed by atoms with van der Waals surface area (Å²) >= 11 is 0. The van der Waals surface area contributed by atoms with Crippen molar-refractivity contribution in [2.75, 3.05) is 52.4 Å². The van der Waals surface area contributed by atoms with Crippen molar-refractivity contribution in [3.8, 4) is 0 Å². The molecule has 1 aliphatic rings. The molecule has 1 atom stereocenters. The molecule has 0 saturated carbocycles. The molecule has 1 fully saturated rings. The first-order valence-corrected chi connectivity index (χ1v) is 7.52. The highest BCUT2D eigenvalue weighted by Gasteiger charge is 2.15. The van der Waals surface area contributed by atoms with Gasteiger partial charge in [-0.3, -0.25) is 0 Å². The van der Waals surface area contributed by atoms with E-state index in [0.717, 1.165) is 26.1 Å². The molecule has 0 aromatic carbocycles. The molecule has 0 aliphatic carbocycles. The molecule has 0 radical (unpaired) electrons. The first-order valence-electron chi connectivity index (χ1n) is 7.52. The quantitative estimate of drug-likeness (QED) is 0.630. The summed E-state index contributed by atoms with van der Waals surface area (Å²) in [4.78, 5) is 5.08. The lowest BCUT2D eigenvalue weighted by molar-refractivity contribution is 0.174. The molecule has 0 spiro atoms. The first-order chi connectivity index (χ1) is 8.76. The number of hydrogen-bond acceptors (Lipinski definition) is 4. The second kappa shape index (κ2) is 9.73. The summed E-state index contributed by atoms with van der Waals surface area (Å²) in [7, 11) is 0. The first kappa shape index (κ1) is 15.9. The van der Waals surface area contributed by atoms with Crippen LogP contribution in [0.2, 0.25) is 0 Å². The summed E-state index contributed by atoms with van der Waals surface area (Å²) in [5, 5.41) is 9.11. The second-order valence-electron chi connectivity index (χ2n) is 5.63. The highest BCUT2D eigenvalue weighted by molar-refractivity contribution is 4.71. The van der Waals surface area contributed by atoms with Crippen LogP contribution in [0.25, 0.3) is 0 Å². The van der Waals surface area contributed by atoms with Gasteiger partial charge >= 0.3 is 0 Å². The number of rotatable bonds is 8. The van der Waals surface area contributed by atoms with Crippen LogP contribution in [0.3, 0.4) is 0 Å². The predicted molar refractivity (Wildman–Crippen MR) is 76.7 cm³/mol. The molecule has 1 unspecified atom stereocenters. The fraction of sp³-hybridized carbons (Fsp3) is 1.00. The van der Waals surface area contributed by atoms with Crippen LogP contribution in [0.5, 0.6) is 0 Å². The SMILES string of the molecule is CC(CO)CN1CCCN(CCCCCN)CC1. The van der Waals surface area contributed by atoms with Crippen molar-refractivity contribution < 1.29 is 5.11 Å². The molecule has 108 valence electrons. The number of nitrogens with zero attached hydrogens (tertiary/aromatic N) is 2. The van der Waals surface area contributed by atoms with Crippen molar-refractivity contribution in [1.29, 1.82) is 0 Å². The van der Waals surface area contributed by atoms with Crippen LogP contribution in [0.4, 0.5) is 0 Å². The van der Waals surface area contributed by atoms with E-state index in [1.807, 2.05) is 0 Å². The van der Waals surface area contributed by atoms with E-state index >= 15 is 0 Å². The maximum atomic E-state index is 9.11. The van der Waals surface area contributed by atoms with Gasteiger partial charge < -0.3 is 20.6 Å². The fourth-order valence-corrected chi connectivity index (χ4v) is 2.59. The molecule has 0 amide bonds. The van der Waals surface area contributed by atoms with E-state index in [0.29, 0.717) is 12.5 Å². The lowest BCUT2D eigenvalue weighted by Crippen LogP contribution is -2.34. The average molecular weight is 257 g/mol. The van der Waals surface area contributed by atoms with Gasteiger partial charge in [0, 0.05) is 26.2 Å². The van der Waals surface area contributed by atoms with Crippen LogP contribution in [-0.4, -0.2) is 67.3 Å². The van der Waals surface area contributed by atoms with Gasteiger partial charge in [0.15, 0.2) is 0 Å². The minimum atomic E-state index is 0.305. The minimum Gasteiger partial charge on any atom is -0.396 e. The van der Waals surface area contributed by atoms with Crippen LogP contribution in [0.1, 0.15) is 32.6 Å². The summed E-state index contributed by atoms with van der Waals surface area (Å²) in [6.45, 7) is 10.3. The van der Waals surface area contributed by atoms with Gasteiger partial charge in [-0.05, 0) is 51.4 Å². The van der Waals surface area contributed by atoms with E-state index in [-0.39, 0.29) is 0 Å². The lowest BCUT2D eigenvalue weighted by atomic mass is 10.2. The average Bonchev–Trinajstić information content (AvgIpc) is 2.60. The molecule has 1 saturated heterocycles. The zero-order chi connectivity index (χ0) is 13.2. The molecular formula is C14H31N3O. The lowest BCUT2D eigenvalue weighted by Gasteiger charge is -2.23. The van der Waals surface area contributed by atoms with E-state index < -0.39 is 0 Å². The van der Waals surface area contributed by atoms with Gasteiger partial charge in [0.05, 0.1) is 0 Å². The molecule has 4 heteroatoms. The smallest absolute Gasteiger partial charge is 0.0468 e. The van der Waals surface area contributed by atoms with Crippen molar-refractivity contribution in [2.24, 2.45) is 11.7 Å². The summed E-state index contributed by atoms with van der Waals surface area (Å²) < 4.78 is 0. The Morgan fingerprint density at radius 2 is 1.78 bits per heavy atom. The Hall–Kier alpha value is -0.160. The monoisotopic (exact) mass is 257 g/mol. The van der Waals surface area contributed by atoms with Crippen LogP contribution in [0, 0.1) is 5.92 Å². The van der Waals surface area contributed by atoms with Crippen molar-refractivity contribution in [1.82, 2.24) is 9.80 Å². The predicted octanol–water partition coefficient (Wildman–Crippen LogP) is 0.752. The maximum absolute atomic E-state index is 9.11. The van der Waals surface area contributed by atoms with Gasteiger partial charge in [-0.1, -0.05) is 13.3 Å². The topological polar surface area (TPSA) is 52.7 Å². The number of hydrogen-bond donors (Lipinski definition) is 2. The Bertz CT molecular complexity index is 201. The van der Waals surface area contributed by atoms with Gasteiger partial charge in [-0.2, -0.15) is 0 Å². The molecule has 0 aromatic rings. The van der Waals surface area contributed by atoms with Crippen LogP contribution < -0.4 is 5.73 Å². The molecule has 18 heavy (non-hydrogen) atoms. The van der Waals surface area contributed by atoms with E-state index in [9.17, 15) is 0 Å². The van der Waals surface area contributed by atoms with Crippen LogP contribution in [-0.2, 0) is 0 Å². The summed E-state index contributed by atoms with van der Waals surface area (Å²) in [5.74, 6) is 0.404. The van der Waals surface area contributed by atoms with Crippen molar-refractivity contribution >= 4 is 0 Å². The molecule has 4 nitrogen and oxygen atoms in total. The van der Waals surface area contributed by atoms with Crippen molar-refractivity contribution in [2.45, 2.75) is 32.6 Å². The van der Waals surface area contributed by atoms with Crippen molar-refractivity contribution in [3.05, 3.63) is 0 Å². The summed E-state index contributed by atoms with van der Waals surface area (Å²) in [6, 6.07) is 0. The second-order valence-corrected chi connectivity index (χ2v) is 5.63. The number of aliphatic hydroxyl groups is 1. The third-order valence-electron chi connectivity index (χ3n) is 3.74. The maximum Gasteiger partial charge on any atom is 0.0468 e. The molecular weight excluding hydrogens is 226 g/mol. The normalized spacial score (nSPS) is 20.8. The molecule has 1 rings (SSSR count). The van der Waals surface area contributed by atoms with Gasteiger partial charge in [0.25, 0.3) is 0 Å². The van der Waals surface area contributed by atoms with Crippen LogP contribution >= 0.6 is 0 Å². The Labute approximate surface area is 112 Å². The summed E-state index contributed by atoms with van der Waals surface area (Å²) in [5.41, 5.74) is 5.51. The van der Waals surface area contributed by atoms with Gasteiger partial charge in [-0.15, -0.1) is 0 Å². The third kappa shape index (κ3) is 6.69. The van der Waals surface area contributed by atoms with Gasteiger partial charge in [-0.25, -0.2) is 0 Å². The number of unbranched alkanes of at least 4 members (excludes halogenated alkanes) is 2. The zero-order valence-electron chi connectivity index (χ0n) is 12.0. The highest BCUT2D eigenvalue weighted by Crippen LogP contribution is 2.07. The molecule has 3 N–H and O–H groups in total. The van der Waals surface area contributed by atoms with Crippen molar-refractivity contribution in [3.63, 3.8) is 0 Å². The molecule has 1 heterocycles. The molecule has 1 aliphatic heterocycles. The Balaban J connectivity index is 2.15. The van der Waals surface area contributed by atoms with E-state index in [2.05, 4.69) is 16.7 Å². The zero-order valence-corrected chi connectivity index (χ0v) is 12.0. The molecule has 0 bridgehead atoms. The Kier molecular flexibility index (Phi) is 8.59. The summed E-state index contributed by atoms with van der Waals surface area (Å²) in [6.07, 6.45) is 4.96. The van der Waals surface area contributed by atoms with Gasteiger partial charge in [0.2, 0.25) is 0 Å². The number of nitrogens with two attached hydrogens (primary N) is 1. The molecule has 0 aromatic heterocycles. The third-order valence-corrected chi connectivity index (χ3v) is 3.74. The largest absolute Gasteiger partial charge is 0.396 e. The van der Waals surface area contributed by atoms with Crippen LogP contribution in [0.15, 0.2) is 0 Å². The Morgan fingerprint density at radius 1 is 1.06 bits per heavy atom. The number of aliphatic hydroxyl groups excluding tert-OH is 1. The van der Waals surface area contributed by atoms with E-state index in [1.165, 1.54) is 45.4 Å². The minimum absolute atomic E-state index is 0.305. The van der Waals surface area contributed by atoms with E-state index in [1.54, 1.807) is 0 Å². The highest BCUT2D eigenvalue weighted by atomic mass is 16.3. The van der Waals surface area contributed by atoms with E-state index in [4.69, 9.17) is 10.8 Å².